The Morgan fingerprint density at radius 2 is 1.84 bits per heavy atom. The molecule has 0 radical (unpaired) electrons. The molecule has 2 N–H and O–H groups in total. The molecule has 0 unspecified atom stereocenters. The molecule has 0 aliphatic heterocycles. The van der Waals surface area contributed by atoms with Gasteiger partial charge in [-0.05, 0) is 18.2 Å². The van der Waals surface area contributed by atoms with Crippen molar-refractivity contribution < 1.29 is 23.5 Å². The molecule has 2 amide bonds. The van der Waals surface area contributed by atoms with E-state index in [4.69, 9.17) is 21.1 Å². The molecule has 0 saturated carbocycles. The number of hydrogen-bond acceptors (Lipinski definition) is 4. The molecular weight excluding hydrogens is 351 g/mol. The Hall–Kier alpha value is -2.80. The van der Waals surface area contributed by atoms with Crippen molar-refractivity contribution in [2.24, 2.45) is 0 Å². The number of hydrogen-bond donors (Lipinski definition) is 2. The van der Waals surface area contributed by atoms with E-state index < -0.39 is 17.6 Å². The molecule has 0 heterocycles. The van der Waals surface area contributed by atoms with Crippen molar-refractivity contribution in [2.75, 3.05) is 26.1 Å². The fraction of sp³-hybridized carbons (Fsp3) is 0.176. The number of ether oxygens (including phenoxy) is 2. The monoisotopic (exact) mass is 366 g/mol. The minimum absolute atomic E-state index is 0.124. The van der Waals surface area contributed by atoms with Gasteiger partial charge in [-0.15, -0.1) is 0 Å². The smallest absolute Gasteiger partial charge is 0.251 e. The second-order valence-corrected chi connectivity index (χ2v) is 5.34. The second-order valence-electron chi connectivity index (χ2n) is 4.93. The number of benzene rings is 2. The lowest BCUT2D eigenvalue weighted by Gasteiger charge is -2.13. The summed E-state index contributed by atoms with van der Waals surface area (Å²) in [5.74, 6) is -0.880. The van der Waals surface area contributed by atoms with Crippen LogP contribution in [-0.2, 0) is 4.79 Å². The highest BCUT2D eigenvalue weighted by atomic mass is 35.5. The highest BCUT2D eigenvalue weighted by molar-refractivity contribution is 6.32. The molecule has 0 aromatic heterocycles. The van der Waals surface area contributed by atoms with Gasteiger partial charge in [-0.3, -0.25) is 9.59 Å². The van der Waals surface area contributed by atoms with Crippen molar-refractivity contribution in [3.05, 3.63) is 52.8 Å². The van der Waals surface area contributed by atoms with Gasteiger partial charge in [-0.1, -0.05) is 17.7 Å². The molecule has 25 heavy (non-hydrogen) atoms. The first-order chi connectivity index (χ1) is 11.9. The van der Waals surface area contributed by atoms with Gasteiger partial charge in [0.2, 0.25) is 5.91 Å². The van der Waals surface area contributed by atoms with E-state index in [2.05, 4.69) is 10.6 Å². The van der Waals surface area contributed by atoms with Crippen molar-refractivity contribution in [3.63, 3.8) is 0 Å². The van der Waals surface area contributed by atoms with Gasteiger partial charge in [0.25, 0.3) is 5.91 Å². The Kier molecular flexibility index (Phi) is 6.19. The number of rotatable bonds is 6. The molecule has 8 heteroatoms. The quantitative estimate of drug-likeness (QED) is 0.824. The molecule has 0 aliphatic carbocycles. The number of amides is 2. The highest BCUT2D eigenvalue weighted by Crippen LogP contribution is 2.35. The van der Waals surface area contributed by atoms with Crippen LogP contribution in [0.3, 0.4) is 0 Å². The lowest BCUT2D eigenvalue weighted by molar-refractivity contribution is -0.115. The summed E-state index contributed by atoms with van der Waals surface area (Å²) in [7, 11) is 2.87. The van der Waals surface area contributed by atoms with Crippen LogP contribution in [0.15, 0.2) is 36.4 Å². The maximum Gasteiger partial charge on any atom is 0.251 e. The van der Waals surface area contributed by atoms with Crippen molar-refractivity contribution in [1.29, 1.82) is 0 Å². The summed E-state index contributed by atoms with van der Waals surface area (Å²) in [5, 5.41) is 5.33. The first kappa shape index (κ1) is 18.5. The Morgan fingerprint density at radius 3 is 2.48 bits per heavy atom. The van der Waals surface area contributed by atoms with Crippen LogP contribution in [0.5, 0.6) is 11.5 Å². The van der Waals surface area contributed by atoms with Gasteiger partial charge in [0, 0.05) is 17.7 Å². The standard InChI is InChI=1S/C17H16ClFN2O4/c1-24-14-8-13(15(25-2)7-12(14)18)21-16(22)9-20-17(23)10-4-3-5-11(19)6-10/h3-8H,9H2,1-2H3,(H,20,23)(H,21,22). The van der Waals surface area contributed by atoms with Gasteiger partial charge < -0.3 is 20.1 Å². The molecule has 0 saturated heterocycles. The maximum absolute atomic E-state index is 13.1. The minimum atomic E-state index is -0.560. The van der Waals surface area contributed by atoms with Crippen LogP contribution >= 0.6 is 11.6 Å². The highest BCUT2D eigenvalue weighted by Gasteiger charge is 2.14. The van der Waals surface area contributed by atoms with E-state index >= 15 is 0 Å². The summed E-state index contributed by atoms with van der Waals surface area (Å²) in [6.07, 6.45) is 0. The minimum Gasteiger partial charge on any atom is -0.495 e. The van der Waals surface area contributed by atoms with Gasteiger partial charge in [0.15, 0.2) is 0 Å². The Labute approximate surface area is 148 Å². The Morgan fingerprint density at radius 1 is 1.12 bits per heavy atom. The first-order valence-corrected chi connectivity index (χ1v) is 7.57. The molecule has 0 aliphatic rings. The molecular formula is C17H16ClFN2O4. The number of carbonyl (C=O) groups is 2. The topological polar surface area (TPSA) is 76.7 Å². The summed E-state index contributed by atoms with van der Waals surface area (Å²) in [5.41, 5.74) is 0.465. The fourth-order valence-electron chi connectivity index (χ4n) is 2.04. The summed E-state index contributed by atoms with van der Waals surface area (Å²) in [6, 6.07) is 8.18. The maximum atomic E-state index is 13.1. The number of methoxy groups -OCH3 is 2. The molecule has 0 bridgehead atoms. The molecule has 6 nitrogen and oxygen atoms in total. The zero-order chi connectivity index (χ0) is 18.4. The zero-order valence-corrected chi connectivity index (χ0v) is 14.3. The van der Waals surface area contributed by atoms with Crippen molar-refractivity contribution in [3.8, 4) is 11.5 Å². The van der Waals surface area contributed by atoms with Crippen LogP contribution in [0.4, 0.5) is 10.1 Å². The van der Waals surface area contributed by atoms with Gasteiger partial charge in [0.05, 0.1) is 31.5 Å². The van der Waals surface area contributed by atoms with E-state index in [1.54, 1.807) is 0 Å². The number of nitrogens with one attached hydrogen (secondary N) is 2. The van der Waals surface area contributed by atoms with Crippen LogP contribution in [-0.4, -0.2) is 32.6 Å². The molecule has 132 valence electrons. The van der Waals surface area contributed by atoms with E-state index in [9.17, 15) is 14.0 Å². The average Bonchev–Trinajstić information content (AvgIpc) is 2.60. The van der Waals surface area contributed by atoms with Crippen LogP contribution in [0, 0.1) is 5.82 Å². The molecule has 0 spiro atoms. The van der Waals surface area contributed by atoms with E-state index in [1.807, 2.05) is 0 Å². The van der Waals surface area contributed by atoms with Gasteiger partial charge in [-0.2, -0.15) is 0 Å². The third-order valence-corrected chi connectivity index (χ3v) is 3.54. The number of carbonyl (C=O) groups excluding carboxylic acids is 2. The summed E-state index contributed by atoms with van der Waals surface area (Å²) in [4.78, 5) is 23.9. The van der Waals surface area contributed by atoms with Gasteiger partial charge in [0.1, 0.15) is 17.3 Å². The van der Waals surface area contributed by atoms with Crippen LogP contribution in [0.25, 0.3) is 0 Å². The molecule has 0 fully saturated rings. The van der Waals surface area contributed by atoms with Gasteiger partial charge >= 0.3 is 0 Å². The fourth-order valence-corrected chi connectivity index (χ4v) is 2.28. The van der Waals surface area contributed by atoms with Crippen molar-refractivity contribution in [2.45, 2.75) is 0 Å². The van der Waals surface area contributed by atoms with E-state index in [0.29, 0.717) is 22.2 Å². The SMILES string of the molecule is COc1cc(NC(=O)CNC(=O)c2cccc(F)c2)c(OC)cc1Cl. The second kappa shape index (κ2) is 8.34. The predicted octanol–water partition coefficient (Wildman–Crippen LogP) is 2.86. The molecule has 2 aromatic rings. The van der Waals surface area contributed by atoms with Crippen molar-refractivity contribution in [1.82, 2.24) is 5.32 Å². The molecule has 2 aromatic carbocycles. The summed E-state index contributed by atoms with van der Waals surface area (Å²) >= 11 is 5.99. The lowest BCUT2D eigenvalue weighted by Crippen LogP contribution is -2.33. The summed E-state index contributed by atoms with van der Waals surface area (Å²) in [6.45, 7) is -0.302. The number of halogens is 2. The molecule has 0 atom stereocenters. The number of anilines is 1. The third kappa shape index (κ3) is 4.84. The predicted molar refractivity (Wildman–Crippen MR) is 91.9 cm³/mol. The van der Waals surface area contributed by atoms with E-state index in [1.165, 1.54) is 44.6 Å². The largest absolute Gasteiger partial charge is 0.495 e. The molecule has 2 rings (SSSR count). The normalized spacial score (nSPS) is 10.1. The third-order valence-electron chi connectivity index (χ3n) is 3.24. The van der Waals surface area contributed by atoms with E-state index in [0.717, 1.165) is 6.07 Å². The summed E-state index contributed by atoms with van der Waals surface area (Å²) < 4.78 is 23.3. The Balaban J connectivity index is 2.02. The lowest BCUT2D eigenvalue weighted by atomic mass is 10.2. The first-order valence-electron chi connectivity index (χ1n) is 7.19. The van der Waals surface area contributed by atoms with E-state index in [-0.39, 0.29) is 12.1 Å². The van der Waals surface area contributed by atoms with Crippen molar-refractivity contribution >= 4 is 29.1 Å². The van der Waals surface area contributed by atoms with Crippen LogP contribution in [0.1, 0.15) is 10.4 Å². The average molecular weight is 367 g/mol. The van der Waals surface area contributed by atoms with Crippen LogP contribution < -0.4 is 20.1 Å². The Bertz CT molecular complexity index is 798. The van der Waals surface area contributed by atoms with Gasteiger partial charge in [-0.25, -0.2) is 4.39 Å². The van der Waals surface area contributed by atoms with Crippen LogP contribution in [0.2, 0.25) is 5.02 Å². The zero-order valence-electron chi connectivity index (χ0n) is 13.6.